The molecule has 2 aromatic rings. The molecule has 0 unspecified atom stereocenters. The van der Waals surface area contributed by atoms with Crippen molar-refractivity contribution in [2.75, 3.05) is 0 Å². The van der Waals surface area contributed by atoms with Crippen LogP contribution in [0.1, 0.15) is 43.2 Å². The first-order valence-electron chi connectivity index (χ1n) is 7.58. The molecular weight excluding hydrogens is 282 g/mol. The second-order valence-electron chi connectivity index (χ2n) is 5.92. The van der Waals surface area contributed by atoms with Gasteiger partial charge in [0.1, 0.15) is 5.76 Å². The zero-order chi connectivity index (χ0) is 14.7. The van der Waals surface area contributed by atoms with Crippen molar-refractivity contribution in [2.24, 2.45) is 0 Å². The maximum Gasteiger partial charge on any atom is 0.231 e. The van der Waals surface area contributed by atoms with Gasteiger partial charge in [-0.2, -0.15) is 0 Å². The van der Waals surface area contributed by atoms with Crippen LogP contribution < -0.4 is 5.32 Å². The van der Waals surface area contributed by atoms with Crippen LogP contribution in [0.4, 0.5) is 0 Å². The Hall–Kier alpha value is -1.55. The number of carbonyl (C=O) groups is 1. The largest absolute Gasteiger partial charge is 0.469 e. The molecule has 1 atom stereocenters. The number of amides is 1. The number of rotatable bonds is 5. The Labute approximate surface area is 129 Å². The summed E-state index contributed by atoms with van der Waals surface area (Å²) in [6.07, 6.45) is 6.61. The minimum Gasteiger partial charge on any atom is -0.469 e. The summed E-state index contributed by atoms with van der Waals surface area (Å²) in [4.78, 5) is 14.1. The lowest BCUT2D eigenvalue weighted by atomic mass is 9.83. The standard InChI is InChI=1S/C17H21NO2S/c1-13(12-14-6-4-10-20-14)18-16(19)17(8-2-3-9-17)15-7-5-11-21-15/h4-7,10-11,13H,2-3,8-9,12H2,1H3,(H,18,19)/t13-/m0/s1. The molecule has 21 heavy (non-hydrogen) atoms. The number of hydrogen-bond donors (Lipinski definition) is 1. The third-order valence-corrected chi connectivity index (χ3v) is 5.42. The van der Waals surface area contributed by atoms with Gasteiger partial charge in [-0.3, -0.25) is 4.79 Å². The average molecular weight is 303 g/mol. The van der Waals surface area contributed by atoms with Gasteiger partial charge in [0.2, 0.25) is 5.91 Å². The maximum absolute atomic E-state index is 12.9. The van der Waals surface area contributed by atoms with Crippen molar-refractivity contribution in [3.8, 4) is 0 Å². The summed E-state index contributed by atoms with van der Waals surface area (Å²) in [7, 11) is 0. The Bertz CT molecular complexity index is 568. The quantitative estimate of drug-likeness (QED) is 0.910. The molecule has 1 aliphatic rings. The smallest absolute Gasteiger partial charge is 0.231 e. The van der Waals surface area contributed by atoms with E-state index in [1.807, 2.05) is 25.1 Å². The van der Waals surface area contributed by atoms with Crippen LogP contribution in [0.5, 0.6) is 0 Å². The summed E-state index contributed by atoms with van der Waals surface area (Å²) < 4.78 is 5.36. The molecule has 0 aliphatic heterocycles. The highest BCUT2D eigenvalue weighted by Crippen LogP contribution is 2.43. The number of hydrogen-bond acceptors (Lipinski definition) is 3. The van der Waals surface area contributed by atoms with E-state index in [-0.39, 0.29) is 17.4 Å². The van der Waals surface area contributed by atoms with Crippen LogP contribution in [-0.2, 0) is 16.6 Å². The lowest BCUT2D eigenvalue weighted by molar-refractivity contribution is -0.127. The number of carbonyl (C=O) groups excluding carboxylic acids is 1. The minimum atomic E-state index is -0.300. The molecule has 1 amide bonds. The molecule has 1 aliphatic carbocycles. The summed E-state index contributed by atoms with van der Waals surface area (Å²) in [6.45, 7) is 2.04. The van der Waals surface area contributed by atoms with Crippen molar-refractivity contribution in [3.63, 3.8) is 0 Å². The van der Waals surface area contributed by atoms with Gasteiger partial charge in [-0.05, 0) is 43.3 Å². The van der Waals surface area contributed by atoms with Crippen LogP contribution in [0.2, 0.25) is 0 Å². The van der Waals surface area contributed by atoms with E-state index in [2.05, 4.69) is 16.8 Å². The van der Waals surface area contributed by atoms with Crippen LogP contribution in [0.15, 0.2) is 40.3 Å². The maximum atomic E-state index is 12.9. The predicted octanol–water partition coefficient (Wildman–Crippen LogP) is 3.90. The van der Waals surface area contributed by atoms with Crippen LogP contribution in [0.3, 0.4) is 0 Å². The molecule has 0 radical (unpaired) electrons. The van der Waals surface area contributed by atoms with E-state index in [0.29, 0.717) is 0 Å². The van der Waals surface area contributed by atoms with E-state index in [0.717, 1.165) is 37.9 Å². The Morgan fingerprint density at radius 2 is 2.19 bits per heavy atom. The summed E-state index contributed by atoms with van der Waals surface area (Å²) in [5.74, 6) is 1.10. The Morgan fingerprint density at radius 3 is 2.81 bits per heavy atom. The summed E-state index contributed by atoms with van der Waals surface area (Å²) in [5, 5.41) is 5.26. The molecule has 112 valence electrons. The van der Waals surface area contributed by atoms with Crippen molar-refractivity contribution in [2.45, 2.75) is 50.5 Å². The predicted molar refractivity (Wildman–Crippen MR) is 84.5 cm³/mol. The number of nitrogens with one attached hydrogen (secondary N) is 1. The molecule has 0 saturated heterocycles. The third-order valence-electron chi connectivity index (χ3n) is 4.35. The molecule has 1 fully saturated rings. The lowest BCUT2D eigenvalue weighted by Crippen LogP contribution is -2.46. The summed E-state index contributed by atoms with van der Waals surface area (Å²) >= 11 is 1.70. The monoisotopic (exact) mass is 303 g/mol. The lowest BCUT2D eigenvalue weighted by Gasteiger charge is -2.28. The molecule has 0 aromatic carbocycles. The first-order chi connectivity index (χ1) is 10.2. The summed E-state index contributed by atoms with van der Waals surface area (Å²) in [6, 6.07) is 8.06. The van der Waals surface area contributed by atoms with E-state index < -0.39 is 0 Å². The van der Waals surface area contributed by atoms with Crippen molar-refractivity contribution in [3.05, 3.63) is 46.5 Å². The average Bonchev–Trinajstić information content (AvgIpc) is 3.21. The molecule has 0 bridgehead atoms. The molecule has 4 heteroatoms. The number of furan rings is 1. The van der Waals surface area contributed by atoms with E-state index >= 15 is 0 Å². The first kappa shape index (κ1) is 14.4. The molecular formula is C17H21NO2S. The van der Waals surface area contributed by atoms with E-state index in [1.165, 1.54) is 4.88 Å². The molecule has 0 spiro atoms. The fourth-order valence-corrected chi connectivity index (χ4v) is 4.24. The molecule has 2 aromatic heterocycles. The first-order valence-corrected chi connectivity index (χ1v) is 8.46. The van der Waals surface area contributed by atoms with Gasteiger partial charge < -0.3 is 9.73 Å². The van der Waals surface area contributed by atoms with Crippen molar-refractivity contribution in [1.82, 2.24) is 5.32 Å². The zero-order valence-corrected chi connectivity index (χ0v) is 13.1. The molecule has 3 rings (SSSR count). The van der Waals surface area contributed by atoms with Gasteiger partial charge >= 0.3 is 0 Å². The molecule has 1 N–H and O–H groups in total. The van der Waals surface area contributed by atoms with Gasteiger partial charge in [0.05, 0.1) is 11.7 Å². The topological polar surface area (TPSA) is 42.2 Å². The van der Waals surface area contributed by atoms with Crippen LogP contribution in [0, 0.1) is 0 Å². The summed E-state index contributed by atoms with van der Waals surface area (Å²) in [5.41, 5.74) is -0.300. The zero-order valence-electron chi connectivity index (χ0n) is 12.3. The van der Waals surface area contributed by atoms with Gasteiger partial charge in [-0.1, -0.05) is 18.9 Å². The highest BCUT2D eigenvalue weighted by atomic mass is 32.1. The molecule has 1 saturated carbocycles. The SMILES string of the molecule is C[C@@H](Cc1ccco1)NC(=O)C1(c2cccs2)CCCC1. The second kappa shape index (κ2) is 6.06. The fourth-order valence-electron chi connectivity index (χ4n) is 3.26. The highest BCUT2D eigenvalue weighted by molar-refractivity contribution is 7.10. The van der Waals surface area contributed by atoms with Gasteiger partial charge in [0, 0.05) is 17.3 Å². The van der Waals surface area contributed by atoms with Gasteiger partial charge in [0.15, 0.2) is 0 Å². The second-order valence-corrected chi connectivity index (χ2v) is 6.87. The van der Waals surface area contributed by atoms with E-state index in [4.69, 9.17) is 4.42 Å². The molecule has 3 nitrogen and oxygen atoms in total. The van der Waals surface area contributed by atoms with Gasteiger partial charge in [0.25, 0.3) is 0 Å². The van der Waals surface area contributed by atoms with Crippen molar-refractivity contribution in [1.29, 1.82) is 0 Å². The Kier molecular flexibility index (Phi) is 4.15. The minimum absolute atomic E-state index is 0.0843. The Morgan fingerprint density at radius 1 is 1.38 bits per heavy atom. The fraction of sp³-hybridized carbons (Fsp3) is 0.471. The van der Waals surface area contributed by atoms with Crippen LogP contribution in [-0.4, -0.2) is 11.9 Å². The third kappa shape index (κ3) is 2.91. The highest BCUT2D eigenvalue weighted by Gasteiger charge is 2.43. The normalized spacial score (nSPS) is 18.5. The van der Waals surface area contributed by atoms with E-state index in [9.17, 15) is 4.79 Å². The van der Waals surface area contributed by atoms with Crippen LogP contribution in [0.25, 0.3) is 0 Å². The van der Waals surface area contributed by atoms with Gasteiger partial charge in [-0.25, -0.2) is 0 Å². The Balaban J connectivity index is 1.70. The van der Waals surface area contributed by atoms with Crippen LogP contribution >= 0.6 is 11.3 Å². The van der Waals surface area contributed by atoms with Crippen molar-refractivity contribution >= 4 is 17.2 Å². The van der Waals surface area contributed by atoms with Crippen molar-refractivity contribution < 1.29 is 9.21 Å². The van der Waals surface area contributed by atoms with E-state index in [1.54, 1.807) is 17.6 Å². The number of thiophene rings is 1. The van der Waals surface area contributed by atoms with Gasteiger partial charge in [-0.15, -0.1) is 11.3 Å². The molecule has 2 heterocycles.